The van der Waals surface area contributed by atoms with E-state index in [-0.39, 0.29) is 11.9 Å². The Morgan fingerprint density at radius 2 is 2.24 bits per heavy atom. The van der Waals surface area contributed by atoms with E-state index in [9.17, 15) is 4.79 Å². The molecule has 0 spiro atoms. The second-order valence-corrected chi connectivity index (χ2v) is 4.53. The molecule has 1 unspecified atom stereocenters. The molecule has 1 amide bonds. The Labute approximate surface area is 102 Å². The van der Waals surface area contributed by atoms with E-state index >= 15 is 0 Å². The first-order chi connectivity index (χ1) is 8.16. The van der Waals surface area contributed by atoms with Gasteiger partial charge in [0.1, 0.15) is 0 Å². The van der Waals surface area contributed by atoms with Gasteiger partial charge in [0, 0.05) is 17.3 Å². The van der Waals surface area contributed by atoms with Gasteiger partial charge in [-0.3, -0.25) is 4.79 Å². The van der Waals surface area contributed by atoms with Crippen LogP contribution in [0.15, 0.2) is 30.4 Å². The van der Waals surface area contributed by atoms with E-state index in [2.05, 4.69) is 17.5 Å². The number of nitrogens with one attached hydrogen (secondary N) is 1. The molecule has 0 aromatic heterocycles. The van der Waals surface area contributed by atoms with Crippen molar-refractivity contribution < 1.29 is 4.79 Å². The van der Waals surface area contributed by atoms with Gasteiger partial charge in [-0.2, -0.15) is 0 Å². The molecule has 0 heterocycles. The predicted molar refractivity (Wildman–Crippen MR) is 69.8 cm³/mol. The molecule has 0 radical (unpaired) electrons. The molecular weight excluding hydrogens is 212 g/mol. The highest BCUT2D eigenvalue weighted by Gasteiger charge is 2.14. The van der Waals surface area contributed by atoms with E-state index in [4.69, 9.17) is 5.73 Å². The first-order valence-electron chi connectivity index (χ1n) is 5.99. The minimum Gasteiger partial charge on any atom is -0.398 e. The van der Waals surface area contributed by atoms with E-state index in [1.54, 1.807) is 6.07 Å². The minimum absolute atomic E-state index is 0.0306. The molecule has 1 aromatic rings. The molecule has 1 aliphatic carbocycles. The summed E-state index contributed by atoms with van der Waals surface area (Å²) >= 11 is 0. The van der Waals surface area contributed by atoms with Crippen molar-refractivity contribution in [3.63, 3.8) is 0 Å². The van der Waals surface area contributed by atoms with Crippen LogP contribution in [0.3, 0.4) is 0 Å². The molecule has 1 aromatic carbocycles. The van der Waals surface area contributed by atoms with Crippen molar-refractivity contribution in [2.75, 3.05) is 5.73 Å². The largest absolute Gasteiger partial charge is 0.398 e. The van der Waals surface area contributed by atoms with Crippen LogP contribution in [0.5, 0.6) is 0 Å². The Morgan fingerprint density at radius 1 is 1.41 bits per heavy atom. The summed E-state index contributed by atoms with van der Waals surface area (Å²) in [6, 6.07) is 5.70. The van der Waals surface area contributed by atoms with Gasteiger partial charge in [0.15, 0.2) is 0 Å². The molecule has 0 aliphatic heterocycles. The molecule has 90 valence electrons. The number of carbonyl (C=O) groups excluding carboxylic acids is 1. The van der Waals surface area contributed by atoms with Gasteiger partial charge < -0.3 is 11.1 Å². The van der Waals surface area contributed by atoms with Crippen LogP contribution in [-0.4, -0.2) is 11.9 Å². The monoisotopic (exact) mass is 230 g/mol. The molecule has 0 bridgehead atoms. The van der Waals surface area contributed by atoms with Crippen molar-refractivity contribution in [1.82, 2.24) is 5.32 Å². The van der Waals surface area contributed by atoms with Gasteiger partial charge in [-0.25, -0.2) is 0 Å². The standard InChI is InChI=1S/C14H18N2O/c1-10-7-8-11(9-13(10)15)14(17)16-12-5-3-2-4-6-12/h2-3,7-9,12H,4-6,15H2,1H3,(H,16,17). The summed E-state index contributed by atoms with van der Waals surface area (Å²) in [6.45, 7) is 1.93. The number of rotatable bonds is 2. The maximum Gasteiger partial charge on any atom is 0.251 e. The van der Waals surface area contributed by atoms with Crippen molar-refractivity contribution in [2.45, 2.75) is 32.2 Å². The summed E-state index contributed by atoms with van der Waals surface area (Å²) in [5, 5.41) is 3.04. The lowest BCUT2D eigenvalue weighted by Crippen LogP contribution is -2.35. The molecule has 0 saturated heterocycles. The second kappa shape index (κ2) is 5.04. The number of hydrogen-bond donors (Lipinski definition) is 2. The number of anilines is 1. The van der Waals surface area contributed by atoms with Crippen LogP contribution >= 0.6 is 0 Å². The number of amides is 1. The number of nitrogen functional groups attached to an aromatic ring is 1. The summed E-state index contributed by atoms with van der Waals surface area (Å²) in [5.41, 5.74) is 8.11. The Hall–Kier alpha value is -1.77. The van der Waals surface area contributed by atoms with E-state index < -0.39 is 0 Å². The van der Waals surface area contributed by atoms with E-state index in [1.807, 2.05) is 19.1 Å². The van der Waals surface area contributed by atoms with Crippen LogP contribution in [0, 0.1) is 6.92 Å². The molecule has 1 aliphatic rings. The van der Waals surface area contributed by atoms with Gasteiger partial charge in [-0.1, -0.05) is 18.2 Å². The maximum absolute atomic E-state index is 12.0. The molecule has 17 heavy (non-hydrogen) atoms. The highest BCUT2D eigenvalue weighted by Crippen LogP contribution is 2.15. The predicted octanol–water partition coefficient (Wildman–Crippen LogP) is 2.42. The van der Waals surface area contributed by atoms with Crippen LogP contribution in [0.25, 0.3) is 0 Å². The zero-order valence-electron chi connectivity index (χ0n) is 10.1. The van der Waals surface area contributed by atoms with E-state index in [0.29, 0.717) is 11.3 Å². The number of allylic oxidation sites excluding steroid dienone is 1. The third-order valence-corrected chi connectivity index (χ3v) is 3.15. The molecule has 0 fully saturated rings. The van der Waals surface area contributed by atoms with Crippen LogP contribution in [0.2, 0.25) is 0 Å². The van der Waals surface area contributed by atoms with Crippen LogP contribution < -0.4 is 11.1 Å². The van der Waals surface area contributed by atoms with Crippen molar-refractivity contribution >= 4 is 11.6 Å². The summed E-state index contributed by atoms with van der Waals surface area (Å²) in [5.74, 6) is -0.0306. The fraction of sp³-hybridized carbons (Fsp3) is 0.357. The molecule has 0 saturated carbocycles. The first-order valence-corrected chi connectivity index (χ1v) is 5.99. The van der Waals surface area contributed by atoms with Crippen molar-refractivity contribution in [1.29, 1.82) is 0 Å². The van der Waals surface area contributed by atoms with Gasteiger partial charge in [-0.05, 0) is 43.9 Å². The fourth-order valence-electron chi connectivity index (χ4n) is 1.98. The van der Waals surface area contributed by atoms with Gasteiger partial charge in [0.05, 0.1) is 0 Å². The zero-order valence-corrected chi connectivity index (χ0v) is 10.1. The lowest BCUT2D eigenvalue weighted by molar-refractivity contribution is 0.0935. The maximum atomic E-state index is 12.0. The number of carbonyl (C=O) groups is 1. The minimum atomic E-state index is -0.0306. The number of hydrogen-bond acceptors (Lipinski definition) is 2. The van der Waals surface area contributed by atoms with E-state index in [0.717, 1.165) is 24.8 Å². The third-order valence-electron chi connectivity index (χ3n) is 3.15. The quantitative estimate of drug-likeness (QED) is 0.605. The molecule has 3 nitrogen and oxygen atoms in total. The molecule has 1 atom stereocenters. The average molecular weight is 230 g/mol. The second-order valence-electron chi connectivity index (χ2n) is 4.53. The zero-order chi connectivity index (χ0) is 12.3. The Morgan fingerprint density at radius 3 is 2.88 bits per heavy atom. The van der Waals surface area contributed by atoms with Crippen LogP contribution in [0.1, 0.15) is 35.2 Å². The van der Waals surface area contributed by atoms with Crippen LogP contribution in [0.4, 0.5) is 5.69 Å². The normalized spacial score (nSPS) is 19.0. The fourth-order valence-corrected chi connectivity index (χ4v) is 1.98. The summed E-state index contributed by atoms with van der Waals surface area (Å²) in [7, 11) is 0. The van der Waals surface area contributed by atoms with E-state index in [1.165, 1.54) is 0 Å². The van der Waals surface area contributed by atoms with Gasteiger partial charge in [-0.15, -0.1) is 0 Å². The lowest BCUT2D eigenvalue weighted by atomic mass is 10.0. The number of nitrogens with two attached hydrogens (primary N) is 1. The van der Waals surface area contributed by atoms with Crippen molar-refractivity contribution in [3.05, 3.63) is 41.5 Å². The molecule has 2 rings (SSSR count). The molecular formula is C14H18N2O. The van der Waals surface area contributed by atoms with Crippen molar-refractivity contribution in [3.8, 4) is 0 Å². The average Bonchev–Trinajstić information content (AvgIpc) is 2.34. The van der Waals surface area contributed by atoms with Gasteiger partial charge in [0.25, 0.3) is 5.91 Å². The third kappa shape index (κ3) is 2.87. The van der Waals surface area contributed by atoms with Gasteiger partial charge in [0.2, 0.25) is 0 Å². The number of aryl methyl sites for hydroxylation is 1. The highest BCUT2D eigenvalue weighted by molar-refractivity contribution is 5.95. The smallest absolute Gasteiger partial charge is 0.251 e. The number of benzene rings is 1. The summed E-state index contributed by atoms with van der Waals surface area (Å²) < 4.78 is 0. The van der Waals surface area contributed by atoms with Gasteiger partial charge >= 0.3 is 0 Å². The Kier molecular flexibility index (Phi) is 3.47. The Bertz CT molecular complexity index is 452. The first kappa shape index (κ1) is 11.7. The topological polar surface area (TPSA) is 55.1 Å². The molecule has 3 N–H and O–H groups in total. The Balaban J connectivity index is 2.03. The summed E-state index contributed by atoms with van der Waals surface area (Å²) in [4.78, 5) is 12.0. The highest BCUT2D eigenvalue weighted by atomic mass is 16.1. The van der Waals surface area contributed by atoms with Crippen molar-refractivity contribution in [2.24, 2.45) is 0 Å². The summed E-state index contributed by atoms with van der Waals surface area (Å²) in [6.07, 6.45) is 7.27. The lowest BCUT2D eigenvalue weighted by Gasteiger charge is -2.19. The SMILES string of the molecule is Cc1ccc(C(=O)NC2CC=CCC2)cc1N. The van der Waals surface area contributed by atoms with Crippen LogP contribution in [-0.2, 0) is 0 Å². The molecule has 3 heteroatoms.